The van der Waals surface area contributed by atoms with Crippen LogP contribution in [-0.2, 0) is 16.1 Å². The highest BCUT2D eigenvalue weighted by molar-refractivity contribution is 5.96. The second-order valence-corrected chi connectivity index (χ2v) is 7.47. The van der Waals surface area contributed by atoms with Gasteiger partial charge in [-0.15, -0.1) is 0 Å². The van der Waals surface area contributed by atoms with Crippen molar-refractivity contribution >= 4 is 28.5 Å². The van der Waals surface area contributed by atoms with Crippen LogP contribution in [0, 0.1) is 5.82 Å². The Morgan fingerprint density at radius 3 is 2.57 bits per heavy atom. The molecule has 1 atom stereocenters. The van der Waals surface area contributed by atoms with Crippen molar-refractivity contribution in [1.82, 2.24) is 14.5 Å². The summed E-state index contributed by atoms with van der Waals surface area (Å²) in [7, 11) is 0. The van der Waals surface area contributed by atoms with Crippen LogP contribution in [0.15, 0.2) is 48.5 Å². The minimum absolute atomic E-state index is 0.0136. The fourth-order valence-electron chi connectivity index (χ4n) is 4.17. The number of aromatic nitrogens is 2. The molecule has 1 fully saturated rings. The molecular weight excluding hydrogens is 383 g/mol. The summed E-state index contributed by atoms with van der Waals surface area (Å²) in [6, 6.07) is 14.0. The number of imidazole rings is 1. The van der Waals surface area contributed by atoms with E-state index in [0.29, 0.717) is 25.5 Å². The molecule has 2 heterocycles. The molecule has 1 aromatic heterocycles. The van der Waals surface area contributed by atoms with E-state index in [1.807, 2.05) is 42.7 Å². The van der Waals surface area contributed by atoms with Crippen molar-refractivity contribution in [3.05, 3.63) is 60.2 Å². The highest BCUT2D eigenvalue weighted by atomic mass is 19.1. The van der Waals surface area contributed by atoms with Gasteiger partial charge in [-0.3, -0.25) is 9.59 Å². The second-order valence-electron chi connectivity index (χ2n) is 7.47. The van der Waals surface area contributed by atoms with E-state index in [4.69, 9.17) is 4.98 Å². The van der Waals surface area contributed by atoms with Crippen LogP contribution in [0.3, 0.4) is 0 Å². The van der Waals surface area contributed by atoms with Crippen LogP contribution in [-0.4, -0.2) is 45.9 Å². The Hall–Kier alpha value is -3.22. The van der Waals surface area contributed by atoms with Crippen LogP contribution in [0.2, 0.25) is 0 Å². The number of likely N-dealkylation sites (N-methyl/N-ethyl adjacent to an activating group) is 1. The molecule has 0 spiro atoms. The van der Waals surface area contributed by atoms with Crippen molar-refractivity contribution in [1.29, 1.82) is 0 Å². The van der Waals surface area contributed by atoms with Gasteiger partial charge in [0.25, 0.3) is 0 Å². The predicted octanol–water partition coefficient (Wildman–Crippen LogP) is 3.56. The van der Waals surface area contributed by atoms with Gasteiger partial charge in [0.05, 0.1) is 16.7 Å². The van der Waals surface area contributed by atoms with Crippen molar-refractivity contribution in [3.63, 3.8) is 0 Å². The maximum Gasteiger partial charge on any atom is 0.242 e. The molecule has 3 aromatic rings. The first kappa shape index (κ1) is 20.1. The molecule has 0 radical (unpaired) electrons. The van der Waals surface area contributed by atoms with E-state index in [9.17, 15) is 14.0 Å². The number of hydrogen-bond acceptors (Lipinski definition) is 3. The van der Waals surface area contributed by atoms with Gasteiger partial charge in [-0.25, -0.2) is 9.37 Å². The summed E-state index contributed by atoms with van der Waals surface area (Å²) >= 11 is 0. The first-order valence-corrected chi connectivity index (χ1v) is 10.3. The molecular formula is C23H25FN4O2. The van der Waals surface area contributed by atoms with E-state index in [-0.39, 0.29) is 36.4 Å². The lowest BCUT2D eigenvalue weighted by Crippen LogP contribution is -2.34. The molecule has 1 aliphatic rings. The average molecular weight is 408 g/mol. The summed E-state index contributed by atoms with van der Waals surface area (Å²) in [4.78, 5) is 33.6. The van der Waals surface area contributed by atoms with Crippen LogP contribution in [0.25, 0.3) is 11.0 Å². The summed E-state index contributed by atoms with van der Waals surface area (Å²) in [6.07, 6.45) is 0.233. The maximum absolute atomic E-state index is 14.3. The third-order valence-electron chi connectivity index (χ3n) is 5.73. The smallest absolute Gasteiger partial charge is 0.242 e. The topological polar surface area (TPSA) is 58.4 Å². The van der Waals surface area contributed by atoms with E-state index < -0.39 is 5.82 Å². The number of nitrogens with zero attached hydrogens (tertiary/aromatic N) is 4. The van der Waals surface area contributed by atoms with Gasteiger partial charge >= 0.3 is 0 Å². The van der Waals surface area contributed by atoms with Gasteiger partial charge < -0.3 is 14.4 Å². The number of hydrogen-bond donors (Lipinski definition) is 0. The summed E-state index contributed by atoms with van der Waals surface area (Å²) < 4.78 is 16.2. The number of amides is 2. The van der Waals surface area contributed by atoms with E-state index in [2.05, 4.69) is 0 Å². The lowest BCUT2D eigenvalue weighted by Gasteiger charge is -2.21. The van der Waals surface area contributed by atoms with Crippen LogP contribution in [0.5, 0.6) is 0 Å². The lowest BCUT2D eigenvalue weighted by atomic mass is 10.1. The minimum atomic E-state index is -0.420. The number of carbonyl (C=O) groups is 2. The molecule has 156 valence electrons. The van der Waals surface area contributed by atoms with Crippen LogP contribution in [0.4, 0.5) is 10.1 Å². The van der Waals surface area contributed by atoms with Crippen molar-refractivity contribution in [2.45, 2.75) is 32.7 Å². The monoisotopic (exact) mass is 408 g/mol. The zero-order valence-corrected chi connectivity index (χ0v) is 17.2. The fourth-order valence-corrected chi connectivity index (χ4v) is 4.17. The molecule has 30 heavy (non-hydrogen) atoms. The summed E-state index contributed by atoms with van der Waals surface area (Å²) in [5, 5.41) is 0. The van der Waals surface area contributed by atoms with Crippen molar-refractivity contribution in [3.8, 4) is 0 Å². The third kappa shape index (κ3) is 3.56. The Morgan fingerprint density at radius 1 is 1.13 bits per heavy atom. The molecule has 7 heteroatoms. The number of rotatable bonds is 6. The number of halogens is 1. The zero-order valence-electron chi connectivity index (χ0n) is 17.2. The van der Waals surface area contributed by atoms with Crippen molar-refractivity contribution in [2.75, 3.05) is 24.5 Å². The molecule has 2 aromatic carbocycles. The lowest BCUT2D eigenvalue weighted by molar-refractivity contribution is -0.131. The van der Waals surface area contributed by atoms with Crippen LogP contribution >= 0.6 is 0 Å². The quantitative estimate of drug-likeness (QED) is 0.627. The Bertz CT molecular complexity index is 1090. The van der Waals surface area contributed by atoms with E-state index in [0.717, 1.165) is 11.0 Å². The average Bonchev–Trinajstić information content (AvgIpc) is 3.30. The van der Waals surface area contributed by atoms with Gasteiger partial charge in [0.2, 0.25) is 11.8 Å². The van der Waals surface area contributed by atoms with Crippen molar-refractivity contribution in [2.24, 2.45) is 0 Å². The van der Waals surface area contributed by atoms with E-state index in [1.165, 1.54) is 11.0 Å². The first-order valence-electron chi connectivity index (χ1n) is 10.3. The van der Waals surface area contributed by atoms with E-state index in [1.54, 1.807) is 23.1 Å². The number of carbonyl (C=O) groups excluding carboxylic acids is 2. The van der Waals surface area contributed by atoms with Crippen LogP contribution in [0.1, 0.15) is 32.0 Å². The highest BCUT2D eigenvalue weighted by Gasteiger charge is 2.36. The summed E-state index contributed by atoms with van der Waals surface area (Å²) in [5.41, 5.74) is 1.94. The number of benzene rings is 2. The largest absolute Gasteiger partial charge is 0.342 e. The van der Waals surface area contributed by atoms with E-state index >= 15 is 0 Å². The third-order valence-corrected chi connectivity index (χ3v) is 5.73. The summed E-state index contributed by atoms with van der Waals surface area (Å²) in [5.74, 6) is -0.0620. The molecule has 2 amide bonds. The molecule has 1 aliphatic heterocycles. The predicted molar refractivity (Wildman–Crippen MR) is 114 cm³/mol. The SMILES string of the molecule is CCN(CC)C(=O)Cn1c(C2CC(=O)N(c3ccccc3F)C2)nc2ccccc21. The normalized spacial score (nSPS) is 16.4. The molecule has 4 rings (SSSR count). The second kappa shape index (κ2) is 8.26. The van der Waals surface area contributed by atoms with Gasteiger partial charge in [0.15, 0.2) is 0 Å². The Kier molecular flexibility index (Phi) is 5.53. The van der Waals surface area contributed by atoms with Gasteiger partial charge in [-0.05, 0) is 38.1 Å². The molecule has 6 nitrogen and oxygen atoms in total. The van der Waals surface area contributed by atoms with Gasteiger partial charge in [0.1, 0.15) is 18.2 Å². The molecule has 0 aliphatic carbocycles. The standard InChI is InChI=1S/C23H25FN4O2/c1-3-26(4-2)22(30)15-28-20-12-8-6-10-18(20)25-23(28)16-13-21(29)27(14-16)19-11-7-5-9-17(19)24/h5-12,16H,3-4,13-15H2,1-2H3. The summed E-state index contributed by atoms with van der Waals surface area (Å²) in [6.45, 7) is 5.69. The van der Waals surface area contributed by atoms with Gasteiger partial charge in [-0.2, -0.15) is 0 Å². The first-order chi connectivity index (χ1) is 14.5. The molecule has 0 N–H and O–H groups in total. The Morgan fingerprint density at radius 2 is 1.83 bits per heavy atom. The molecule has 0 bridgehead atoms. The van der Waals surface area contributed by atoms with Gasteiger partial charge in [0, 0.05) is 32.0 Å². The van der Waals surface area contributed by atoms with Crippen molar-refractivity contribution < 1.29 is 14.0 Å². The highest BCUT2D eigenvalue weighted by Crippen LogP contribution is 2.34. The number of fused-ring (bicyclic) bond motifs is 1. The minimum Gasteiger partial charge on any atom is -0.342 e. The number of anilines is 1. The number of para-hydroxylation sites is 3. The molecule has 1 unspecified atom stereocenters. The molecule has 1 saturated heterocycles. The Balaban J connectivity index is 1.70. The fraction of sp³-hybridized carbons (Fsp3) is 0.348. The van der Waals surface area contributed by atoms with Crippen LogP contribution < -0.4 is 4.90 Å². The zero-order chi connectivity index (χ0) is 21.3. The Labute approximate surface area is 174 Å². The molecule has 0 saturated carbocycles. The maximum atomic E-state index is 14.3. The van der Waals surface area contributed by atoms with Gasteiger partial charge in [-0.1, -0.05) is 24.3 Å².